The van der Waals surface area contributed by atoms with Crippen LogP contribution in [0.1, 0.15) is 13.3 Å². The van der Waals surface area contributed by atoms with Crippen LogP contribution in [-0.4, -0.2) is 54.9 Å². The molecule has 0 aliphatic carbocycles. The Bertz CT molecular complexity index is 223. The number of β-amino-alcohol motifs (C(OH)–C–C–N with tert-alkyl or cyclic N) is 1. The fourth-order valence-electron chi connectivity index (χ4n) is 1.66. The van der Waals surface area contributed by atoms with E-state index in [1.165, 1.54) is 0 Å². The number of nitrogens with zero attached hydrogens (tertiary/aromatic N) is 1. The van der Waals surface area contributed by atoms with Crippen molar-refractivity contribution in [2.24, 2.45) is 0 Å². The van der Waals surface area contributed by atoms with E-state index in [0.717, 1.165) is 7.15 Å². The normalized spacial score (nSPS) is 27.3. The van der Waals surface area contributed by atoms with Gasteiger partial charge in [0.05, 0.1) is 0 Å². The van der Waals surface area contributed by atoms with Gasteiger partial charge in [0.25, 0.3) is 0 Å². The first kappa shape index (κ1) is 11.3. The summed E-state index contributed by atoms with van der Waals surface area (Å²) in [5, 5.41) is 9.35. The van der Waals surface area contributed by atoms with Crippen molar-refractivity contribution in [3.63, 3.8) is 0 Å². The van der Waals surface area contributed by atoms with Crippen LogP contribution in [0.25, 0.3) is 0 Å². The minimum atomic E-state index is -0.538. The van der Waals surface area contributed by atoms with Gasteiger partial charge in [-0.05, 0) is 0 Å². The van der Waals surface area contributed by atoms with Gasteiger partial charge in [0, 0.05) is 0 Å². The number of ether oxygens (including phenoxy) is 1. The Labute approximate surface area is 83.3 Å². The van der Waals surface area contributed by atoms with Gasteiger partial charge >= 0.3 is 82.4 Å². The van der Waals surface area contributed by atoms with Crippen molar-refractivity contribution in [1.29, 1.82) is 0 Å². The molecule has 1 aliphatic heterocycles. The summed E-state index contributed by atoms with van der Waals surface area (Å²) in [5.74, 6) is -0.356. The molecule has 14 heavy (non-hydrogen) atoms. The zero-order valence-corrected chi connectivity index (χ0v) is 8.18. The molecule has 1 heterocycles. The summed E-state index contributed by atoms with van der Waals surface area (Å²) >= 11 is 0. The van der Waals surface area contributed by atoms with Crippen LogP contribution in [0.5, 0.6) is 0 Å². The van der Waals surface area contributed by atoms with Crippen molar-refractivity contribution in [3.8, 4) is 0 Å². The SMILES string of the molecule is CCOC(=O)[C@@H]1CC(O)CN1CB=O. The van der Waals surface area contributed by atoms with Crippen LogP contribution in [0.2, 0.25) is 0 Å². The molecule has 1 fully saturated rings. The molecular weight excluding hydrogens is 185 g/mol. The summed E-state index contributed by atoms with van der Waals surface area (Å²) in [6.45, 7) is 2.41. The van der Waals surface area contributed by atoms with Crippen molar-refractivity contribution in [1.82, 2.24) is 4.90 Å². The first-order valence-corrected chi connectivity index (χ1v) is 4.71. The molecule has 6 heteroatoms. The zero-order chi connectivity index (χ0) is 10.6. The molecule has 0 radical (unpaired) electrons. The third-order valence-electron chi connectivity index (χ3n) is 2.25. The summed E-state index contributed by atoms with van der Waals surface area (Å²) in [4.78, 5) is 13.0. The predicted octanol–water partition coefficient (Wildman–Crippen LogP) is -1.01. The van der Waals surface area contributed by atoms with E-state index in [1.54, 1.807) is 11.8 Å². The van der Waals surface area contributed by atoms with Crippen molar-refractivity contribution in [2.45, 2.75) is 25.5 Å². The Kier molecular flexibility index (Phi) is 4.22. The van der Waals surface area contributed by atoms with E-state index in [-0.39, 0.29) is 12.4 Å². The number of carbonyl (C=O) groups is 1. The van der Waals surface area contributed by atoms with Crippen LogP contribution >= 0.6 is 0 Å². The molecule has 1 saturated heterocycles. The van der Waals surface area contributed by atoms with Gasteiger partial charge in [0.15, 0.2) is 0 Å². The minimum absolute atomic E-state index is 0.167. The maximum absolute atomic E-state index is 11.4. The summed E-state index contributed by atoms with van der Waals surface area (Å²) in [6.07, 6.45) is -0.0166. The first-order chi connectivity index (χ1) is 6.69. The van der Waals surface area contributed by atoms with E-state index in [9.17, 15) is 14.6 Å². The van der Waals surface area contributed by atoms with Gasteiger partial charge in [-0.3, -0.25) is 0 Å². The molecule has 1 unspecified atom stereocenters. The molecule has 1 aliphatic rings. The average Bonchev–Trinajstić information content (AvgIpc) is 2.48. The van der Waals surface area contributed by atoms with E-state index < -0.39 is 12.1 Å². The van der Waals surface area contributed by atoms with Crippen LogP contribution in [0.3, 0.4) is 0 Å². The summed E-state index contributed by atoms with van der Waals surface area (Å²) in [7, 11) is 0.726. The number of hydrogen-bond donors (Lipinski definition) is 1. The van der Waals surface area contributed by atoms with Crippen LogP contribution in [0.15, 0.2) is 0 Å². The van der Waals surface area contributed by atoms with Gasteiger partial charge in [-0.25, -0.2) is 0 Å². The molecule has 2 atom stereocenters. The van der Waals surface area contributed by atoms with Gasteiger partial charge < -0.3 is 0 Å². The monoisotopic (exact) mass is 199 g/mol. The Hall–Kier alpha value is -0.745. The third kappa shape index (κ3) is 2.62. The molecule has 0 aromatic carbocycles. The van der Waals surface area contributed by atoms with E-state index >= 15 is 0 Å². The summed E-state index contributed by atoms with van der Waals surface area (Å²) in [5.41, 5.74) is 0. The average molecular weight is 199 g/mol. The third-order valence-corrected chi connectivity index (χ3v) is 2.25. The predicted molar refractivity (Wildman–Crippen MR) is 49.1 cm³/mol. The molecule has 1 rings (SSSR count). The fourth-order valence-corrected chi connectivity index (χ4v) is 1.66. The van der Waals surface area contributed by atoms with Crippen molar-refractivity contribution in [2.75, 3.05) is 19.6 Å². The number of likely N-dealkylation sites (tertiary alicyclic amines) is 1. The molecule has 78 valence electrons. The van der Waals surface area contributed by atoms with Crippen LogP contribution in [0, 0.1) is 0 Å². The second-order valence-electron chi connectivity index (χ2n) is 3.28. The van der Waals surface area contributed by atoms with Gasteiger partial charge in [-0.15, -0.1) is 0 Å². The molecule has 0 bridgehead atoms. The summed E-state index contributed by atoms with van der Waals surface area (Å²) in [6, 6.07) is -0.463. The summed E-state index contributed by atoms with van der Waals surface area (Å²) < 4.78 is 15.2. The van der Waals surface area contributed by atoms with Gasteiger partial charge in [0.2, 0.25) is 0 Å². The topological polar surface area (TPSA) is 66.8 Å². The number of esters is 1. The maximum atomic E-state index is 11.4. The van der Waals surface area contributed by atoms with Gasteiger partial charge in [-0.1, -0.05) is 0 Å². The van der Waals surface area contributed by atoms with Gasteiger partial charge in [-0.2, -0.15) is 0 Å². The van der Waals surface area contributed by atoms with Crippen molar-refractivity contribution in [3.05, 3.63) is 0 Å². The molecular formula is C8H14BNO4. The Balaban J connectivity index is 2.56. The van der Waals surface area contributed by atoms with Crippen molar-refractivity contribution >= 4 is 13.1 Å². The first-order valence-electron chi connectivity index (χ1n) is 4.71. The number of rotatable bonds is 4. The van der Waals surface area contributed by atoms with Crippen molar-refractivity contribution < 1.29 is 19.3 Å². The molecule has 0 aromatic heterocycles. The molecule has 1 N–H and O–H groups in total. The Morgan fingerprint density at radius 1 is 1.71 bits per heavy atom. The number of hydrogen-bond acceptors (Lipinski definition) is 5. The quantitative estimate of drug-likeness (QED) is 0.464. The van der Waals surface area contributed by atoms with E-state index in [1.807, 2.05) is 0 Å². The molecule has 0 amide bonds. The Morgan fingerprint density at radius 2 is 2.43 bits per heavy atom. The van der Waals surface area contributed by atoms with Gasteiger partial charge in [0.1, 0.15) is 0 Å². The number of aliphatic hydroxyl groups is 1. The second-order valence-corrected chi connectivity index (χ2v) is 3.28. The second kappa shape index (κ2) is 5.21. The van der Waals surface area contributed by atoms with E-state index in [2.05, 4.69) is 0 Å². The van der Waals surface area contributed by atoms with Crippen LogP contribution < -0.4 is 0 Å². The Morgan fingerprint density at radius 3 is 3.00 bits per heavy atom. The van der Waals surface area contributed by atoms with Crippen LogP contribution in [-0.2, 0) is 14.2 Å². The number of carbonyl (C=O) groups excluding carboxylic acids is 1. The fraction of sp³-hybridized carbons (Fsp3) is 0.875. The molecule has 5 nitrogen and oxygen atoms in total. The van der Waals surface area contributed by atoms with Crippen LogP contribution in [0.4, 0.5) is 0 Å². The van der Waals surface area contributed by atoms with E-state index in [0.29, 0.717) is 19.6 Å². The molecule has 0 saturated carbocycles. The number of aliphatic hydroxyl groups excluding tert-OH is 1. The standard InChI is InChI=1S/C8H14BNO4/c1-2-14-8(12)7-3-6(11)4-10(7)5-9-13/h6-7,11H,2-5H2,1H3/t6?,7-/m0/s1. The molecule has 0 aromatic rings. The van der Waals surface area contributed by atoms with E-state index in [4.69, 9.17) is 4.74 Å². The molecule has 0 spiro atoms. The zero-order valence-electron chi connectivity index (χ0n) is 8.18.